The average molecular weight is 121 g/mol. The highest BCUT2D eigenvalue weighted by molar-refractivity contribution is 4.61. The van der Waals surface area contributed by atoms with Crippen molar-refractivity contribution < 1.29 is 15.3 Å². The highest BCUT2D eigenvalue weighted by Gasteiger charge is 2.24. The van der Waals surface area contributed by atoms with Crippen molar-refractivity contribution in [1.82, 2.24) is 0 Å². The van der Waals surface area contributed by atoms with Crippen LogP contribution in [0.1, 0.15) is 6.92 Å². The van der Waals surface area contributed by atoms with E-state index in [1.807, 2.05) is 0 Å². The van der Waals surface area contributed by atoms with E-state index in [4.69, 9.17) is 21.1 Å². The topological polar surface area (TPSA) is 86.7 Å². The molecule has 0 aromatic carbocycles. The summed E-state index contributed by atoms with van der Waals surface area (Å²) in [6.07, 6.45) is 0. The van der Waals surface area contributed by atoms with Gasteiger partial charge in [-0.05, 0) is 0 Å². The van der Waals surface area contributed by atoms with Crippen LogP contribution in [0.25, 0.3) is 0 Å². The maximum atomic E-state index is 8.46. The molecule has 4 nitrogen and oxygen atoms in total. The maximum absolute atomic E-state index is 8.46. The third-order valence-electron chi connectivity index (χ3n) is 0.999. The average Bonchev–Trinajstić information content (AvgIpc) is 1.62. The van der Waals surface area contributed by atoms with Crippen molar-refractivity contribution in [3.8, 4) is 0 Å². The summed E-state index contributed by atoms with van der Waals surface area (Å²) in [6.45, 7) is 1.10. The third kappa shape index (κ3) is 2.23. The first-order valence-corrected chi connectivity index (χ1v) is 2.33. The molecule has 0 amide bonds. The minimum absolute atomic E-state index is 0.330. The summed E-state index contributed by atoms with van der Waals surface area (Å²) in [5, 5.41) is 25.2. The summed E-state index contributed by atoms with van der Waals surface area (Å²) in [5.41, 5.74) is 4.74. The zero-order valence-corrected chi connectivity index (χ0v) is 4.70. The van der Waals surface area contributed by atoms with Crippen LogP contribution in [0, 0.1) is 5.92 Å². The van der Waals surface area contributed by atoms with Gasteiger partial charge < -0.3 is 15.3 Å². The van der Waals surface area contributed by atoms with Crippen LogP contribution in [0.2, 0.25) is 0 Å². The van der Waals surface area contributed by atoms with E-state index in [0.29, 0.717) is 0 Å². The fourth-order valence-electron chi connectivity index (χ4n) is 0.134. The Morgan fingerprint density at radius 2 is 2.00 bits per heavy atom. The summed E-state index contributed by atoms with van der Waals surface area (Å²) in [6, 6.07) is 0. The van der Waals surface area contributed by atoms with Crippen molar-refractivity contribution in [3.05, 3.63) is 0 Å². The van der Waals surface area contributed by atoms with E-state index >= 15 is 0 Å². The van der Waals surface area contributed by atoms with E-state index in [2.05, 4.69) is 0 Å². The van der Waals surface area contributed by atoms with Crippen LogP contribution >= 0.6 is 0 Å². The van der Waals surface area contributed by atoms with Gasteiger partial charge in [-0.3, -0.25) is 5.73 Å². The monoisotopic (exact) mass is 121 g/mol. The Bertz CT molecular complexity index is 68.2. The fraction of sp³-hybridized carbons (Fsp3) is 1.00. The number of nitrogens with two attached hydrogens (primary N) is 1. The van der Waals surface area contributed by atoms with Crippen LogP contribution in [0.5, 0.6) is 0 Å². The lowest BCUT2D eigenvalue weighted by molar-refractivity contribution is -0.198. The van der Waals surface area contributed by atoms with Crippen LogP contribution < -0.4 is 5.73 Å². The quantitative estimate of drug-likeness (QED) is 0.325. The molecule has 0 saturated heterocycles. The minimum atomic E-state index is -2.24. The molecule has 0 saturated carbocycles. The molecule has 50 valence electrons. The third-order valence-corrected chi connectivity index (χ3v) is 0.999. The molecule has 0 aromatic heterocycles. The normalized spacial score (nSPS) is 16.1. The largest absolute Gasteiger partial charge is 0.396 e. The second kappa shape index (κ2) is 2.41. The van der Waals surface area contributed by atoms with Gasteiger partial charge in [0.1, 0.15) is 0 Å². The first-order valence-electron chi connectivity index (χ1n) is 2.33. The predicted octanol–water partition coefficient (Wildman–Crippen LogP) is -1.79. The van der Waals surface area contributed by atoms with E-state index in [1.165, 1.54) is 6.92 Å². The Hall–Kier alpha value is -0.160. The van der Waals surface area contributed by atoms with Gasteiger partial charge in [-0.1, -0.05) is 6.92 Å². The predicted molar refractivity (Wildman–Crippen MR) is 27.6 cm³/mol. The zero-order chi connectivity index (χ0) is 6.78. The van der Waals surface area contributed by atoms with Gasteiger partial charge in [0.25, 0.3) is 0 Å². The summed E-state index contributed by atoms with van der Waals surface area (Å²) in [4.78, 5) is 0. The van der Waals surface area contributed by atoms with Crippen molar-refractivity contribution in [2.24, 2.45) is 11.7 Å². The summed E-state index contributed by atoms with van der Waals surface area (Å²) in [7, 11) is 0. The van der Waals surface area contributed by atoms with Gasteiger partial charge in [0, 0.05) is 5.92 Å². The lowest BCUT2D eigenvalue weighted by atomic mass is 10.1. The molecule has 0 rings (SSSR count). The molecule has 0 aliphatic rings. The number of aliphatic hydroxyl groups excluding tert-OH is 1. The van der Waals surface area contributed by atoms with Gasteiger partial charge >= 0.3 is 0 Å². The van der Waals surface area contributed by atoms with Crippen LogP contribution in [0.3, 0.4) is 0 Å². The van der Waals surface area contributed by atoms with E-state index in [-0.39, 0.29) is 6.61 Å². The first kappa shape index (κ1) is 7.84. The standard InChI is InChI=1S/C4H11NO3/c1-3(2-6)4(5,7)8/h3,6-8H,2,5H2,1H3. The molecule has 1 atom stereocenters. The molecule has 0 bridgehead atoms. The van der Waals surface area contributed by atoms with Crippen LogP contribution in [0.4, 0.5) is 0 Å². The van der Waals surface area contributed by atoms with Gasteiger partial charge in [-0.15, -0.1) is 0 Å². The maximum Gasteiger partial charge on any atom is 0.224 e. The van der Waals surface area contributed by atoms with Crippen molar-refractivity contribution >= 4 is 0 Å². The van der Waals surface area contributed by atoms with Crippen molar-refractivity contribution in [2.75, 3.05) is 6.61 Å². The van der Waals surface area contributed by atoms with E-state index in [0.717, 1.165) is 0 Å². The number of aliphatic hydroxyl groups is 3. The number of hydrogen-bond donors (Lipinski definition) is 4. The van der Waals surface area contributed by atoms with Gasteiger partial charge in [0.2, 0.25) is 5.91 Å². The lowest BCUT2D eigenvalue weighted by Crippen LogP contribution is -2.47. The molecule has 0 fully saturated rings. The van der Waals surface area contributed by atoms with Crippen molar-refractivity contribution in [2.45, 2.75) is 12.8 Å². The first-order chi connectivity index (χ1) is 3.48. The zero-order valence-electron chi connectivity index (χ0n) is 4.70. The molecule has 0 radical (unpaired) electrons. The number of rotatable bonds is 2. The summed E-state index contributed by atoms with van der Waals surface area (Å²) in [5.74, 6) is -2.95. The Morgan fingerprint density at radius 3 is 2.00 bits per heavy atom. The summed E-state index contributed by atoms with van der Waals surface area (Å²) >= 11 is 0. The Labute approximate surface area is 47.6 Å². The molecule has 8 heavy (non-hydrogen) atoms. The molecule has 0 aromatic rings. The van der Waals surface area contributed by atoms with E-state index in [1.54, 1.807) is 0 Å². The molecular weight excluding hydrogens is 110 g/mol. The molecule has 0 spiro atoms. The number of hydrogen-bond acceptors (Lipinski definition) is 4. The highest BCUT2D eigenvalue weighted by Crippen LogP contribution is 2.04. The van der Waals surface area contributed by atoms with Gasteiger partial charge in [0.05, 0.1) is 6.61 Å². The van der Waals surface area contributed by atoms with Crippen LogP contribution in [-0.4, -0.2) is 27.8 Å². The second-order valence-electron chi connectivity index (χ2n) is 1.87. The van der Waals surface area contributed by atoms with E-state index < -0.39 is 11.8 Å². The Morgan fingerprint density at radius 1 is 1.62 bits per heavy atom. The Kier molecular flexibility index (Phi) is 2.36. The SMILES string of the molecule is CC(CO)C(N)(O)O. The molecule has 1 unspecified atom stereocenters. The fourth-order valence-corrected chi connectivity index (χ4v) is 0.134. The molecule has 4 heteroatoms. The molecule has 5 N–H and O–H groups in total. The van der Waals surface area contributed by atoms with Crippen LogP contribution in [0.15, 0.2) is 0 Å². The van der Waals surface area contributed by atoms with Crippen molar-refractivity contribution in [3.63, 3.8) is 0 Å². The van der Waals surface area contributed by atoms with Crippen molar-refractivity contribution in [1.29, 1.82) is 0 Å². The van der Waals surface area contributed by atoms with E-state index in [9.17, 15) is 0 Å². The van der Waals surface area contributed by atoms with Gasteiger partial charge in [-0.25, -0.2) is 0 Å². The lowest BCUT2D eigenvalue weighted by Gasteiger charge is -2.20. The smallest absolute Gasteiger partial charge is 0.224 e. The van der Waals surface area contributed by atoms with Gasteiger partial charge in [0.15, 0.2) is 0 Å². The minimum Gasteiger partial charge on any atom is -0.396 e. The molecule has 0 aliphatic heterocycles. The molecular formula is C4H11NO3. The second-order valence-corrected chi connectivity index (χ2v) is 1.87. The summed E-state index contributed by atoms with van der Waals surface area (Å²) < 4.78 is 0. The Balaban J connectivity index is 3.62. The molecule has 0 aliphatic carbocycles. The highest BCUT2D eigenvalue weighted by atomic mass is 16.5. The van der Waals surface area contributed by atoms with Gasteiger partial charge in [-0.2, -0.15) is 0 Å². The molecule has 0 heterocycles. The van der Waals surface area contributed by atoms with Crippen LogP contribution in [-0.2, 0) is 0 Å².